The molecule has 4 heteroatoms. The number of hydrogen-bond donors (Lipinski definition) is 1. The van der Waals surface area contributed by atoms with E-state index in [2.05, 4.69) is 12.2 Å². The third-order valence-electron chi connectivity index (χ3n) is 3.30. The standard InChI is InChI=1S/C14H23NO2S/c1-5-6-13(15-4)10-18(16,17)14-8-7-11(2)12(3)9-14/h7-9,13,15H,5-6,10H2,1-4H3. The quantitative estimate of drug-likeness (QED) is 0.863. The maximum atomic E-state index is 12.3. The van der Waals surface area contributed by atoms with Gasteiger partial charge in [-0.25, -0.2) is 8.42 Å². The highest BCUT2D eigenvalue weighted by Gasteiger charge is 2.20. The third-order valence-corrected chi connectivity index (χ3v) is 5.12. The maximum Gasteiger partial charge on any atom is 0.179 e. The summed E-state index contributed by atoms with van der Waals surface area (Å²) in [7, 11) is -1.38. The predicted octanol–water partition coefficient (Wildman–Crippen LogP) is 2.47. The van der Waals surface area contributed by atoms with Gasteiger partial charge in [-0.15, -0.1) is 0 Å². The molecule has 1 aromatic rings. The molecule has 0 fully saturated rings. The maximum absolute atomic E-state index is 12.3. The molecule has 1 atom stereocenters. The summed E-state index contributed by atoms with van der Waals surface area (Å²) >= 11 is 0. The predicted molar refractivity (Wildman–Crippen MR) is 75.7 cm³/mol. The van der Waals surface area contributed by atoms with Gasteiger partial charge >= 0.3 is 0 Å². The molecule has 0 aliphatic carbocycles. The van der Waals surface area contributed by atoms with Crippen molar-refractivity contribution >= 4 is 9.84 Å². The molecular weight excluding hydrogens is 246 g/mol. The van der Waals surface area contributed by atoms with Crippen molar-refractivity contribution in [2.75, 3.05) is 12.8 Å². The van der Waals surface area contributed by atoms with Gasteiger partial charge in [0.25, 0.3) is 0 Å². The molecular formula is C14H23NO2S. The molecule has 0 aliphatic rings. The van der Waals surface area contributed by atoms with Gasteiger partial charge in [0, 0.05) is 6.04 Å². The highest BCUT2D eigenvalue weighted by atomic mass is 32.2. The Morgan fingerprint density at radius 2 is 1.89 bits per heavy atom. The number of sulfone groups is 1. The van der Waals surface area contributed by atoms with E-state index in [4.69, 9.17) is 0 Å². The minimum atomic E-state index is -3.20. The smallest absolute Gasteiger partial charge is 0.179 e. The number of nitrogens with one attached hydrogen (secondary N) is 1. The fourth-order valence-corrected chi connectivity index (χ4v) is 3.62. The zero-order chi connectivity index (χ0) is 13.8. The van der Waals surface area contributed by atoms with E-state index < -0.39 is 9.84 Å². The van der Waals surface area contributed by atoms with Crippen LogP contribution in [0.3, 0.4) is 0 Å². The van der Waals surface area contributed by atoms with E-state index in [-0.39, 0.29) is 11.8 Å². The second kappa shape index (κ2) is 6.34. The molecule has 3 nitrogen and oxygen atoms in total. The number of benzene rings is 1. The molecule has 1 unspecified atom stereocenters. The van der Waals surface area contributed by atoms with Crippen molar-refractivity contribution in [1.29, 1.82) is 0 Å². The van der Waals surface area contributed by atoms with Crippen molar-refractivity contribution in [3.8, 4) is 0 Å². The second-order valence-corrected chi connectivity index (χ2v) is 6.84. The Bertz CT molecular complexity index is 495. The number of aryl methyl sites for hydroxylation is 2. The molecule has 1 N–H and O–H groups in total. The van der Waals surface area contributed by atoms with Gasteiger partial charge in [0.2, 0.25) is 0 Å². The van der Waals surface area contributed by atoms with Crippen molar-refractivity contribution in [2.45, 2.75) is 44.6 Å². The molecule has 1 aromatic carbocycles. The zero-order valence-corrected chi connectivity index (χ0v) is 12.5. The van der Waals surface area contributed by atoms with Crippen LogP contribution in [0.15, 0.2) is 23.1 Å². The van der Waals surface area contributed by atoms with Crippen LogP contribution in [0.2, 0.25) is 0 Å². The summed E-state index contributed by atoms with van der Waals surface area (Å²) in [5.74, 6) is 0.167. The Kier molecular flexibility index (Phi) is 5.35. The van der Waals surface area contributed by atoms with Gasteiger partial charge in [-0.3, -0.25) is 0 Å². The van der Waals surface area contributed by atoms with Crippen molar-refractivity contribution in [2.24, 2.45) is 0 Å². The molecule has 0 saturated heterocycles. The van der Waals surface area contributed by atoms with E-state index in [9.17, 15) is 8.42 Å². The minimum Gasteiger partial charge on any atom is -0.316 e. The lowest BCUT2D eigenvalue weighted by molar-refractivity contribution is 0.536. The molecule has 0 bridgehead atoms. The van der Waals surface area contributed by atoms with Gasteiger partial charge in [0.1, 0.15) is 0 Å². The van der Waals surface area contributed by atoms with Crippen molar-refractivity contribution in [1.82, 2.24) is 5.32 Å². The lowest BCUT2D eigenvalue weighted by Gasteiger charge is -2.15. The molecule has 0 amide bonds. The molecule has 1 rings (SSSR count). The Morgan fingerprint density at radius 3 is 2.39 bits per heavy atom. The largest absolute Gasteiger partial charge is 0.316 e. The summed E-state index contributed by atoms with van der Waals surface area (Å²) in [6.07, 6.45) is 1.86. The summed E-state index contributed by atoms with van der Waals surface area (Å²) in [5.41, 5.74) is 2.14. The van der Waals surface area contributed by atoms with Crippen LogP contribution in [0.25, 0.3) is 0 Å². The zero-order valence-electron chi connectivity index (χ0n) is 11.7. The molecule has 102 valence electrons. The van der Waals surface area contributed by atoms with Crippen LogP contribution in [0.4, 0.5) is 0 Å². The van der Waals surface area contributed by atoms with Crippen LogP contribution in [0.5, 0.6) is 0 Å². The van der Waals surface area contributed by atoms with Crippen LogP contribution < -0.4 is 5.32 Å². The van der Waals surface area contributed by atoms with Crippen molar-refractivity contribution < 1.29 is 8.42 Å². The van der Waals surface area contributed by atoms with Crippen LogP contribution in [-0.4, -0.2) is 27.3 Å². The normalized spacial score (nSPS) is 13.6. The van der Waals surface area contributed by atoms with E-state index >= 15 is 0 Å². The molecule has 0 radical (unpaired) electrons. The van der Waals surface area contributed by atoms with E-state index in [0.29, 0.717) is 4.90 Å². The van der Waals surface area contributed by atoms with Crippen molar-refractivity contribution in [3.63, 3.8) is 0 Å². The SMILES string of the molecule is CCCC(CS(=O)(=O)c1ccc(C)c(C)c1)NC. The first kappa shape index (κ1) is 15.2. The first-order valence-electron chi connectivity index (χ1n) is 6.38. The molecule has 0 aromatic heterocycles. The molecule has 0 heterocycles. The van der Waals surface area contributed by atoms with E-state index in [1.54, 1.807) is 12.1 Å². The van der Waals surface area contributed by atoms with Gasteiger partial charge in [0.05, 0.1) is 10.6 Å². The Balaban J connectivity index is 2.95. The van der Waals surface area contributed by atoms with E-state index in [0.717, 1.165) is 24.0 Å². The Labute approximate surface area is 111 Å². The molecule has 18 heavy (non-hydrogen) atoms. The molecule has 0 spiro atoms. The number of hydrogen-bond acceptors (Lipinski definition) is 3. The van der Waals surface area contributed by atoms with E-state index in [1.807, 2.05) is 27.0 Å². The van der Waals surface area contributed by atoms with Gasteiger partial charge in [-0.05, 0) is 50.6 Å². The fourth-order valence-electron chi connectivity index (χ4n) is 1.93. The third kappa shape index (κ3) is 3.82. The van der Waals surface area contributed by atoms with Crippen LogP contribution in [0.1, 0.15) is 30.9 Å². The lowest BCUT2D eigenvalue weighted by atomic mass is 10.1. The summed E-state index contributed by atoms with van der Waals surface area (Å²) < 4.78 is 24.6. The highest BCUT2D eigenvalue weighted by molar-refractivity contribution is 7.91. The fraction of sp³-hybridized carbons (Fsp3) is 0.571. The number of rotatable bonds is 6. The van der Waals surface area contributed by atoms with Gasteiger partial charge in [0.15, 0.2) is 9.84 Å². The highest BCUT2D eigenvalue weighted by Crippen LogP contribution is 2.17. The summed E-state index contributed by atoms with van der Waals surface area (Å²) in [6.45, 7) is 5.99. The summed E-state index contributed by atoms with van der Waals surface area (Å²) in [5, 5.41) is 3.08. The van der Waals surface area contributed by atoms with Crippen LogP contribution in [0, 0.1) is 13.8 Å². The average Bonchev–Trinajstić information content (AvgIpc) is 2.31. The van der Waals surface area contributed by atoms with Gasteiger partial charge in [-0.2, -0.15) is 0 Å². The Hall–Kier alpha value is -0.870. The second-order valence-electron chi connectivity index (χ2n) is 4.80. The minimum absolute atomic E-state index is 0.0293. The first-order valence-corrected chi connectivity index (χ1v) is 8.03. The first-order chi connectivity index (χ1) is 8.40. The van der Waals surface area contributed by atoms with Crippen LogP contribution in [-0.2, 0) is 9.84 Å². The summed E-state index contributed by atoms with van der Waals surface area (Å²) in [4.78, 5) is 0.432. The molecule has 0 saturated carbocycles. The van der Waals surface area contributed by atoms with Gasteiger partial charge in [-0.1, -0.05) is 19.4 Å². The van der Waals surface area contributed by atoms with Gasteiger partial charge < -0.3 is 5.32 Å². The summed E-state index contributed by atoms with van der Waals surface area (Å²) in [6, 6.07) is 5.37. The topological polar surface area (TPSA) is 46.2 Å². The Morgan fingerprint density at radius 1 is 1.22 bits per heavy atom. The van der Waals surface area contributed by atoms with Crippen LogP contribution >= 0.6 is 0 Å². The lowest BCUT2D eigenvalue weighted by Crippen LogP contribution is -2.32. The van der Waals surface area contributed by atoms with Crippen molar-refractivity contribution in [3.05, 3.63) is 29.3 Å². The monoisotopic (exact) mass is 269 g/mol. The van der Waals surface area contributed by atoms with E-state index in [1.165, 1.54) is 0 Å². The molecule has 0 aliphatic heterocycles. The average molecular weight is 269 g/mol.